The Morgan fingerprint density at radius 1 is 1.44 bits per heavy atom. The molecule has 1 amide bonds. The van der Waals surface area contributed by atoms with E-state index < -0.39 is 0 Å². The highest BCUT2D eigenvalue weighted by Gasteiger charge is 2.17. The second-order valence-corrected chi connectivity index (χ2v) is 5.26. The van der Waals surface area contributed by atoms with Gasteiger partial charge in [0.1, 0.15) is 0 Å². The lowest BCUT2D eigenvalue weighted by Gasteiger charge is -2.22. The van der Waals surface area contributed by atoms with Gasteiger partial charge in [-0.2, -0.15) is 0 Å². The SMILES string of the molecule is CC#CCCNC(=O)CC(N)CC(C)(C)C. The lowest BCUT2D eigenvalue weighted by atomic mass is 9.87. The largest absolute Gasteiger partial charge is 0.355 e. The fourth-order valence-corrected chi connectivity index (χ4v) is 1.56. The zero-order valence-corrected chi connectivity index (χ0v) is 10.9. The van der Waals surface area contributed by atoms with Crippen molar-refractivity contribution in [3.8, 4) is 11.8 Å². The number of carbonyl (C=O) groups excluding carboxylic acids is 1. The van der Waals surface area contributed by atoms with Gasteiger partial charge in [0.2, 0.25) is 5.91 Å². The Bertz CT molecular complexity index is 268. The Balaban J connectivity index is 3.73. The summed E-state index contributed by atoms with van der Waals surface area (Å²) in [5.74, 6) is 5.71. The highest BCUT2D eigenvalue weighted by molar-refractivity contribution is 5.76. The first-order valence-corrected chi connectivity index (χ1v) is 5.77. The monoisotopic (exact) mass is 224 g/mol. The van der Waals surface area contributed by atoms with Crippen LogP contribution < -0.4 is 11.1 Å². The van der Waals surface area contributed by atoms with E-state index in [9.17, 15) is 4.79 Å². The molecule has 3 N–H and O–H groups in total. The summed E-state index contributed by atoms with van der Waals surface area (Å²) in [4.78, 5) is 11.5. The van der Waals surface area contributed by atoms with Gasteiger partial charge in [-0.15, -0.1) is 11.8 Å². The van der Waals surface area contributed by atoms with Crippen LogP contribution in [0.2, 0.25) is 0 Å². The molecule has 0 rings (SSSR count). The van der Waals surface area contributed by atoms with Crippen molar-refractivity contribution < 1.29 is 4.79 Å². The first-order chi connectivity index (χ1) is 7.35. The zero-order valence-electron chi connectivity index (χ0n) is 10.9. The van der Waals surface area contributed by atoms with E-state index in [1.807, 2.05) is 0 Å². The zero-order chi connectivity index (χ0) is 12.6. The lowest BCUT2D eigenvalue weighted by molar-refractivity contribution is -0.121. The second-order valence-electron chi connectivity index (χ2n) is 5.26. The molecule has 0 fully saturated rings. The molecule has 0 aromatic rings. The molecular formula is C13H24N2O. The number of nitrogens with two attached hydrogens (primary N) is 1. The third-order valence-electron chi connectivity index (χ3n) is 2.07. The molecule has 3 nitrogen and oxygen atoms in total. The van der Waals surface area contributed by atoms with Crippen LogP contribution in [-0.2, 0) is 4.79 Å². The van der Waals surface area contributed by atoms with E-state index >= 15 is 0 Å². The van der Waals surface area contributed by atoms with Crippen molar-refractivity contribution in [3.05, 3.63) is 0 Å². The molecule has 1 unspecified atom stereocenters. The van der Waals surface area contributed by atoms with Crippen LogP contribution in [0.5, 0.6) is 0 Å². The highest BCUT2D eigenvalue weighted by Crippen LogP contribution is 2.20. The Kier molecular flexibility index (Phi) is 6.83. The molecule has 0 saturated heterocycles. The summed E-state index contributed by atoms with van der Waals surface area (Å²) in [6.07, 6.45) is 1.96. The van der Waals surface area contributed by atoms with Crippen LogP contribution in [0.25, 0.3) is 0 Å². The predicted octanol–water partition coefficient (Wildman–Crippen LogP) is 1.67. The molecule has 0 aliphatic rings. The van der Waals surface area contributed by atoms with Crippen molar-refractivity contribution in [1.29, 1.82) is 0 Å². The van der Waals surface area contributed by atoms with Crippen molar-refractivity contribution in [1.82, 2.24) is 5.32 Å². The minimum atomic E-state index is -0.0581. The van der Waals surface area contributed by atoms with Crippen molar-refractivity contribution in [2.24, 2.45) is 11.1 Å². The van der Waals surface area contributed by atoms with Crippen LogP contribution in [0.1, 0.15) is 47.0 Å². The van der Waals surface area contributed by atoms with Gasteiger partial charge in [0.15, 0.2) is 0 Å². The van der Waals surface area contributed by atoms with Crippen LogP contribution in [0.3, 0.4) is 0 Å². The van der Waals surface area contributed by atoms with Crippen molar-refractivity contribution in [2.75, 3.05) is 6.54 Å². The molecule has 0 spiro atoms. The molecule has 3 heteroatoms. The third-order valence-corrected chi connectivity index (χ3v) is 2.07. The summed E-state index contributed by atoms with van der Waals surface area (Å²) < 4.78 is 0. The predicted molar refractivity (Wildman–Crippen MR) is 67.7 cm³/mol. The van der Waals surface area contributed by atoms with E-state index in [4.69, 9.17) is 5.73 Å². The van der Waals surface area contributed by atoms with Gasteiger partial charge in [0.05, 0.1) is 0 Å². The van der Waals surface area contributed by atoms with Gasteiger partial charge in [-0.1, -0.05) is 20.8 Å². The van der Waals surface area contributed by atoms with Crippen LogP contribution >= 0.6 is 0 Å². The fourth-order valence-electron chi connectivity index (χ4n) is 1.56. The van der Waals surface area contributed by atoms with E-state index in [2.05, 4.69) is 37.9 Å². The standard InChI is InChI=1S/C13H24N2O/c1-5-6-7-8-15-12(16)9-11(14)10-13(2,3)4/h11H,7-10,14H2,1-4H3,(H,15,16). The Morgan fingerprint density at radius 2 is 2.06 bits per heavy atom. The highest BCUT2D eigenvalue weighted by atomic mass is 16.1. The third kappa shape index (κ3) is 9.54. The molecule has 0 aliphatic carbocycles. The van der Waals surface area contributed by atoms with Crippen LogP contribution in [0.15, 0.2) is 0 Å². The molecule has 0 aliphatic heterocycles. The maximum absolute atomic E-state index is 11.5. The van der Waals surface area contributed by atoms with Crippen molar-refractivity contribution >= 4 is 5.91 Å². The summed E-state index contributed by atoms with van der Waals surface area (Å²) >= 11 is 0. The first kappa shape index (κ1) is 15.0. The molecule has 0 aromatic heterocycles. The van der Waals surface area contributed by atoms with E-state index in [1.54, 1.807) is 6.92 Å². The van der Waals surface area contributed by atoms with Crippen LogP contribution in [0.4, 0.5) is 0 Å². The smallest absolute Gasteiger partial charge is 0.221 e. The summed E-state index contributed by atoms with van der Waals surface area (Å²) in [5, 5.41) is 2.81. The van der Waals surface area contributed by atoms with Gasteiger partial charge in [-0.05, 0) is 18.8 Å². The topological polar surface area (TPSA) is 55.1 Å². The number of rotatable bonds is 5. The number of hydrogen-bond acceptors (Lipinski definition) is 2. The average Bonchev–Trinajstić information content (AvgIpc) is 2.09. The number of amides is 1. The molecule has 0 radical (unpaired) electrons. The average molecular weight is 224 g/mol. The lowest BCUT2D eigenvalue weighted by Crippen LogP contribution is -2.34. The van der Waals surface area contributed by atoms with E-state index in [1.165, 1.54) is 0 Å². The van der Waals surface area contributed by atoms with Gasteiger partial charge < -0.3 is 11.1 Å². The van der Waals surface area contributed by atoms with Gasteiger partial charge in [0, 0.05) is 25.4 Å². The summed E-state index contributed by atoms with van der Waals surface area (Å²) in [7, 11) is 0. The van der Waals surface area contributed by atoms with Gasteiger partial charge >= 0.3 is 0 Å². The molecule has 0 heterocycles. The molecule has 0 bridgehead atoms. The molecule has 16 heavy (non-hydrogen) atoms. The van der Waals surface area contributed by atoms with E-state index in [0.29, 0.717) is 19.4 Å². The van der Waals surface area contributed by atoms with Gasteiger partial charge in [-0.25, -0.2) is 0 Å². The van der Waals surface area contributed by atoms with Crippen molar-refractivity contribution in [2.45, 2.75) is 53.0 Å². The summed E-state index contributed by atoms with van der Waals surface area (Å²) in [5.41, 5.74) is 6.08. The Morgan fingerprint density at radius 3 is 2.56 bits per heavy atom. The molecule has 92 valence electrons. The quantitative estimate of drug-likeness (QED) is 0.551. The molecule has 0 aromatic carbocycles. The Hall–Kier alpha value is -1.01. The number of carbonyl (C=O) groups is 1. The van der Waals surface area contributed by atoms with Crippen LogP contribution in [0, 0.1) is 17.3 Å². The first-order valence-electron chi connectivity index (χ1n) is 5.77. The van der Waals surface area contributed by atoms with Gasteiger partial charge in [0.25, 0.3) is 0 Å². The van der Waals surface area contributed by atoms with E-state index in [0.717, 1.165) is 6.42 Å². The van der Waals surface area contributed by atoms with Crippen molar-refractivity contribution in [3.63, 3.8) is 0 Å². The normalized spacial score (nSPS) is 12.6. The molecular weight excluding hydrogens is 200 g/mol. The fraction of sp³-hybridized carbons (Fsp3) is 0.769. The number of hydrogen-bond donors (Lipinski definition) is 2. The minimum absolute atomic E-state index is 0.0228. The van der Waals surface area contributed by atoms with Gasteiger partial charge in [-0.3, -0.25) is 4.79 Å². The summed E-state index contributed by atoms with van der Waals surface area (Å²) in [6.45, 7) is 8.79. The molecule has 1 atom stereocenters. The maximum atomic E-state index is 11.5. The minimum Gasteiger partial charge on any atom is -0.355 e. The number of nitrogens with one attached hydrogen (secondary N) is 1. The second kappa shape index (κ2) is 7.29. The van der Waals surface area contributed by atoms with Crippen LogP contribution in [-0.4, -0.2) is 18.5 Å². The summed E-state index contributed by atoms with van der Waals surface area (Å²) in [6, 6.07) is -0.0581. The maximum Gasteiger partial charge on any atom is 0.221 e. The Labute approximate surface area is 99.2 Å². The van der Waals surface area contributed by atoms with E-state index in [-0.39, 0.29) is 17.4 Å². The molecule has 0 saturated carbocycles.